The molecule has 0 saturated heterocycles. The van der Waals surface area contributed by atoms with Crippen molar-refractivity contribution in [1.29, 1.82) is 0 Å². The van der Waals surface area contributed by atoms with Crippen molar-refractivity contribution < 1.29 is 9.47 Å². The lowest BCUT2D eigenvalue weighted by Gasteiger charge is -2.31. The quantitative estimate of drug-likeness (QED) is 0.537. The van der Waals surface area contributed by atoms with E-state index in [0.717, 1.165) is 6.42 Å². The standard InChI is InChI=1S/C15H24O2/c1-15(2)9-7-13(8-10-15)5-6-14-16-11-3-4-12-17-14/h3-5,14H,6-12H2,1-2H3/i14+1. The third kappa shape index (κ3) is 4.29. The fraction of sp³-hybridized carbons (Fsp3) is 0.733. The second kappa shape index (κ2) is 5.83. The van der Waals surface area contributed by atoms with Crippen LogP contribution in [0.25, 0.3) is 0 Å². The molecular weight excluding hydrogens is 213 g/mol. The molecule has 2 aliphatic rings. The molecule has 0 aromatic carbocycles. The summed E-state index contributed by atoms with van der Waals surface area (Å²) in [6.07, 6.45) is 12.4. The lowest BCUT2D eigenvalue weighted by Crippen LogP contribution is -2.18. The number of allylic oxidation sites excluding steroid dienone is 1. The topological polar surface area (TPSA) is 18.5 Å². The molecule has 1 aliphatic heterocycles. The van der Waals surface area contributed by atoms with Crippen molar-refractivity contribution in [2.75, 3.05) is 13.2 Å². The normalized spacial score (nSPS) is 25.6. The molecule has 0 atom stereocenters. The molecule has 0 amide bonds. The van der Waals surface area contributed by atoms with E-state index in [1.807, 2.05) is 12.2 Å². The first kappa shape index (κ1) is 12.8. The molecule has 0 spiro atoms. The third-order valence-electron chi connectivity index (χ3n) is 3.77. The number of ether oxygens (including phenoxy) is 2. The first-order valence-corrected chi connectivity index (χ1v) is 6.72. The van der Waals surface area contributed by atoms with E-state index in [1.54, 1.807) is 5.57 Å². The summed E-state index contributed by atoms with van der Waals surface area (Å²) in [7, 11) is 0. The summed E-state index contributed by atoms with van der Waals surface area (Å²) in [5.74, 6) is 0. The van der Waals surface area contributed by atoms with Gasteiger partial charge in [-0.2, -0.15) is 0 Å². The predicted octanol–water partition coefficient (Wildman–Crippen LogP) is 3.83. The maximum atomic E-state index is 5.58. The molecule has 1 saturated carbocycles. The van der Waals surface area contributed by atoms with Gasteiger partial charge in [-0.1, -0.05) is 37.6 Å². The van der Waals surface area contributed by atoms with Crippen molar-refractivity contribution >= 4 is 0 Å². The summed E-state index contributed by atoms with van der Waals surface area (Å²) in [6.45, 7) is 6.10. The monoisotopic (exact) mass is 237 g/mol. The minimum Gasteiger partial charge on any atom is -0.348 e. The van der Waals surface area contributed by atoms with Crippen LogP contribution in [0.1, 0.15) is 46.0 Å². The highest BCUT2D eigenvalue weighted by Gasteiger charge is 2.23. The van der Waals surface area contributed by atoms with Gasteiger partial charge >= 0.3 is 0 Å². The number of rotatable bonds is 2. The van der Waals surface area contributed by atoms with Crippen molar-refractivity contribution in [3.8, 4) is 0 Å². The predicted molar refractivity (Wildman–Crippen MR) is 69.8 cm³/mol. The Bertz CT molecular complexity index is 280. The van der Waals surface area contributed by atoms with Crippen LogP contribution >= 0.6 is 0 Å². The van der Waals surface area contributed by atoms with Crippen LogP contribution in [0.2, 0.25) is 0 Å². The van der Waals surface area contributed by atoms with E-state index in [-0.39, 0.29) is 6.29 Å². The Morgan fingerprint density at radius 1 is 1.18 bits per heavy atom. The zero-order chi connectivity index (χ0) is 12.1. The molecule has 2 heteroatoms. The molecule has 96 valence electrons. The summed E-state index contributed by atoms with van der Waals surface area (Å²) in [6, 6.07) is 0. The van der Waals surface area contributed by atoms with Gasteiger partial charge in [0, 0.05) is 6.42 Å². The smallest absolute Gasteiger partial charge is 0.161 e. The van der Waals surface area contributed by atoms with Crippen LogP contribution in [0.4, 0.5) is 0 Å². The van der Waals surface area contributed by atoms with Crippen molar-refractivity contribution in [1.82, 2.24) is 0 Å². The highest BCUT2D eigenvalue weighted by atomic mass is 16.8. The molecule has 0 aromatic rings. The van der Waals surface area contributed by atoms with Gasteiger partial charge in [-0.15, -0.1) is 0 Å². The maximum Gasteiger partial charge on any atom is 0.161 e. The van der Waals surface area contributed by atoms with Crippen LogP contribution in [0, 0.1) is 5.41 Å². The Morgan fingerprint density at radius 3 is 2.35 bits per heavy atom. The van der Waals surface area contributed by atoms with Crippen LogP contribution in [0.5, 0.6) is 0 Å². The van der Waals surface area contributed by atoms with Crippen molar-refractivity contribution in [3.63, 3.8) is 0 Å². The van der Waals surface area contributed by atoms with E-state index in [2.05, 4.69) is 19.9 Å². The van der Waals surface area contributed by atoms with Crippen molar-refractivity contribution in [3.05, 3.63) is 23.8 Å². The van der Waals surface area contributed by atoms with Crippen LogP contribution in [0.3, 0.4) is 0 Å². The van der Waals surface area contributed by atoms with Gasteiger partial charge in [0.1, 0.15) is 0 Å². The molecule has 1 aliphatic carbocycles. The van der Waals surface area contributed by atoms with Gasteiger partial charge in [0.15, 0.2) is 6.29 Å². The molecule has 2 nitrogen and oxygen atoms in total. The van der Waals surface area contributed by atoms with Gasteiger partial charge in [-0.25, -0.2) is 0 Å². The Labute approximate surface area is 105 Å². The van der Waals surface area contributed by atoms with Crippen LogP contribution in [-0.2, 0) is 9.47 Å². The average Bonchev–Trinajstić information content (AvgIpc) is 2.56. The highest BCUT2D eigenvalue weighted by Crippen LogP contribution is 2.37. The van der Waals surface area contributed by atoms with Gasteiger partial charge in [0.2, 0.25) is 0 Å². The van der Waals surface area contributed by atoms with Gasteiger partial charge in [0.05, 0.1) is 13.2 Å². The lowest BCUT2D eigenvalue weighted by molar-refractivity contribution is -0.118. The fourth-order valence-electron chi connectivity index (χ4n) is 2.36. The molecule has 0 unspecified atom stereocenters. The van der Waals surface area contributed by atoms with E-state index in [4.69, 9.17) is 9.47 Å². The summed E-state index contributed by atoms with van der Waals surface area (Å²) >= 11 is 0. The van der Waals surface area contributed by atoms with E-state index in [1.165, 1.54) is 25.7 Å². The molecule has 2 rings (SSSR count). The zero-order valence-electron chi connectivity index (χ0n) is 11.1. The van der Waals surface area contributed by atoms with Crippen LogP contribution in [-0.4, -0.2) is 19.5 Å². The minimum atomic E-state index is -0.0487. The summed E-state index contributed by atoms with van der Waals surface area (Å²) < 4.78 is 11.2. The van der Waals surface area contributed by atoms with E-state index >= 15 is 0 Å². The first-order chi connectivity index (χ1) is 8.16. The summed E-state index contributed by atoms with van der Waals surface area (Å²) in [4.78, 5) is 0. The van der Waals surface area contributed by atoms with E-state index in [0.29, 0.717) is 18.6 Å². The van der Waals surface area contributed by atoms with E-state index < -0.39 is 0 Å². The zero-order valence-corrected chi connectivity index (χ0v) is 11.1. The maximum absolute atomic E-state index is 5.58. The second-order valence-electron chi connectivity index (χ2n) is 5.83. The van der Waals surface area contributed by atoms with Crippen molar-refractivity contribution in [2.24, 2.45) is 5.41 Å². The average molecular weight is 237 g/mol. The molecule has 0 aromatic heterocycles. The molecule has 0 N–H and O–H groups in total. The molecule has 17 heavy (non-hydrogen) atoms. The minimum absolute atomic E-state index is 0.0487. The summed E-state index contributed by atoms with van der Waals surface area (Å²) in [5, 5.41) is 0. The third-order valence-corrected chi connectivity index (χ3v) is 3.77. The summed E-state index contributed by atoms with van der Waals surface area (Å²) in [5.41, 5.74) is 2.13. The Kier molecular flexibility index (Phi) is 4.41. The highest BCUT2D eigenvalue weighted by molar-refractivity contribution is 5.07. The number of hydrogen-bond donors (Lipinski definition) is 0. The molecular formula is C15H24O2. The van der Waals surface area contributed by atoms with Gasteiger partial charge in [0.25, 0.3) is 0 Å². The van der Waals surface area contributed by atoms with Crippen LogP contribution in [0.15, 0.2) is 23.8 Å². The molecule has 1 heterocycles. The SMILES string of the molecule is CC1(C)CCC(=CC[13CH]2OCC=CCO2)CC1. The Morgan fingerprint density at radius 2 is 1.76 bits per heavy atom. The molecule has 0 bridgehead atoms. The number of hydrogen-bond acceptors (Lipinski definition) is 2. The van der Waals surface area contributed by atoms with Gasteiger partial charge in [-0.05, 0) is 31.1 Å². The van der Waals surface area contributed by atoms with Gasteiger partial charge in [-0.3, -0.25) is 0 Å². The molecule has 1 fully saturated rings. The Hall–Kier alpha value is -0.600. The van der Waals surface area contributed by atoms with E-state index in [9.17, 15) is 0 Å². The fourth-order valence-corrected chi connectivity index (χ4v) is 2.36. The largest absolute Gasteiger partial charge is 0.348 e. The molecule has 0 radical (unpaired) electrons. The Balaban J connectivity index is 1.77. The second-order valence-corrected chi connectivity index (χ2v) is 5.83. The van der Waals surface area contributed by atoms with Crippen LogP contribution < -0.4 is 0 Å². The first-order valence-electron chi connectivity index (χ1n) is 6.72. The van der Waals surface area contributed by atoms with Gasteiger partial charge < -0.3 is 9.47 Å². The van der Waals surface area contributed by atoms with Crippen molar-refractivity contribution in [2.45, 2.75) is 52.2 Å². The lowest BCUT2D eigenvalue weighted by atomic mass is 9.75.